The first-order chi connectivity index (χ1) is 14.7. The largest absolute Gasteiger partial charge is 0.383 e. The molecule has 3 aromatic rings. The fraction of sp³-hybridized carbons (Fsp3) is 0.375. The Morgan fingerprint density at radius 1 is 1.17 bits per heavy atom. The van der Waals surface area contributed by atoms with Crippen LogP contribution in [0, 0.1) is 17.8 Å². The molecule has 1 aliphatic heterocycles. The zero-order valence-corrected chi connectivity index (χ0v) is 16.9. The van der Waals surface area contributed by atoms with Gasteiger partial charge in [0.1, 0.15) is 17.8 Å². The Hall–Kier alpha value is -3.17. The second kappa shape index (κ2) is 7.92. The zero-order chi connectivity index (χ0) is 20.5. The molecule has 3 N–H and O–H groups in total. The Morgan fingerprint density at radius 2 is 2.00 bits per heavy atom. The monoisotopic (exact) mass is 399 g/mol. The van der Waals surface area contributed by atoms with Gasteiger partial charge in [0, 0.05) is 29.8 Å². The van der Waals surface area contributed by atoms with Gasteiger partial charge in [0.25, 0.3) is 0 Å². The molecule has 1 aromatic carbocycles. The van der Waals surface area contributed by atoms with Gasteiger partial charge in [0.05, 0.1) is 10.9 Å². The van der Waals surface area contributed by atoms with Crippen LogP contribution in [0.5, 0.6) is 0 Å². The van der Waals surface area contributed by atoms with Gasteiger partial charge in [-0.25, -0.2) is 9.97 Å². The number of carbonyl (C=O) groups is 1. The number of rotatable bonds is 4. The molecule has 6 nitrogen and oxygen atoms in total. The second-order valence-corrected chi connectivity index (χ2v) is 8.29. The Labute approximate surface area is 175 Å². The fourth-order valence-corrected chi connectivity index (χ4v) is 4.18. The van der Waals surface area contributed by atoms with Crippen molar-refractivity contribution in [3.63, 3.8) is 0 Å². The molecular formula is C24H25N5O. The number of nitrogens with one attached hydrogen (secondary N) is 1. The highest BCUT2D eigenvalue weighted by molar-refractivity contribution is 5.97. The zero-order valence-electron chi connectivity index (χ0n) is 16.9. The van der Waals surface area contributed by atoms with Crippen LogP contribution < -0.4 is 11.1 Å². The van der Waals surface area contributed by atoms with Gasteiger partial charge in [0.2, 0.25) is 0 Å². The number of nitrogens with two attached hydrogens (primary N) is 1. The van der Waals surface area contributed by atoms with Crippen molar-refractivity contribution < 1.29 is 4.79 Å². The number of piperidine rings is 1. The van der Waals surface area contributed by atoms with E-state index in [1.807, 2.05) is 24.3 Å². The van der Waals surface area contributed by atoms with Crippen molar-refractivity contribution >= 4 is 22.6 Å². The summed E-state index contributed by atoms with van der Waals surface area (Å²) in [5, 5.41) is 4.21. The van der Waals surface area contributed by atoms with Crippen molar-refractivity contribution in [2.45, 2.75) is 38.1 Å². The summed E-state index contributed by atoms with van der Waals surface area (Å²) >= 11 is 0. The van der Waals surface area contributed by atoms with Crippen molar-refractivity contribution in [1.82, 2.24) is 19.9 Å². The van der Waals surface area contributed by atoms with E-state index in [1.165, 1.54) is 19.2 Å². The van der Waals surface area contributed by atoms with Crippen molar-refractivity contribution in [3.05, 3.63) is 53.5 Å². The first-order valence-electron chi connectivity index (χ1n) is 10.7. The first kappa shape index (κ1) is 18.8. The topological polar surface area (TPSA) is 85.8 Å². The number of Topliss-reactive ketones (excluding diaryl/α,β-unsaturated/α-hetero) is 1. The molecule has 0 amide bonds. The number of hydrogen-bond donors (Lipinski definition) is 2. The van der Waals surface area contributed by atoms with Gasteiger partial charge in [-0.15, -0.1) is 0 Å². The molecule has 1 saturated heterocycles. The van der Waals surface area contributed by atoms with Gasteiger partial charge in [-0.1, -0.05) is 24.0 Å². The lowest BCUT2D eigenvalue weighted by Gasteiger charge is -2.24. The van der Waals surface area contributed by atoms with Gasteiger partial charge >= 0.3 is 0 Å². The molecule has 0 spiro atoms. The van der Waals surface area contributed by atoms with Crippen molar-refractivity contribution in [3.8, 4) is 11.8 Å². The minimum Gasteiger partial charge on any atom is -0.383 e. The molecule has 0 bridgehead atoms. The third-order valence-electron chi connectivity index (χ3n) is 6.04. The third-order valence-corrected chi connectivity index (χ3v) is 6.04. The lowest BCUT2D eigenvalue weighted by molar-refractivity contribution is 0.0976. The first-order valence-corrected chi connectivity index (χ1v) is 10.7. The highest BCUT2D eigenvalue weighted by Crippen LogP contribution is 2.33. The number of ketones is 1. The number of carbonyl (C=O) groups excluding carboxylic acids is 1. The fourth-order valence-electron chi connectivity index (χ4n) is 4.18. The van der Waals surface area contributed by atoms with E-state index in [4.69, 9.17) is 5.73 Å². The normalized spacial score (nSPS) is 16.9. The molecule has 1 aliphatic carbocycles. The van der Waals surface area contributed by atoms with Crippen LogP contribution in [-0.2, 0) is 0 Å². The summed E-state index contributed by atoms with van der Waals surface area (Å²) in [6, 6.07) is 7.99. The van der Waals surface area contributed by atoms with Crippen molar-refractivity contribution in [1.29, 1.82) is 0 Å². The summed E-state index contributed by atoms with van der Waals surface area (Å²) in [4.78, 5) is 21.1. The molecule has 2 aliphatic rings. The van der Waals surface area contributed by atoms with E-state index in [-0.39, 0.29) is 5.78 Å². The number of fused-ring (bicyclic) bond motifs is 1. The standard InChI is InChI=1S/C24H25N5O/c25-23-22-19(14-29(24(22)28-15-27-23)20-8-10-26-11-9-20)7-6-16-2-1-3-18(12-16)21(30)13-17-4-5-17/h1-3,12,14-15,17,20,26H,4-5,8-11,13H2,(H2,25,27,28). The second-order valence-electron chi connectivity index (χ2n) is 8.29. The summed E-state index contributed by atoms with van der Waals surface area (Å²) in [6.45, 7) is 1.99. The number of hydrogen-bond acceptors (Lipinski definition) is 5. The molecule has 0 unspecified atom stereocenters. The average Bonchev–Trinajstić information content (AvgIpc) is 3.51. The molecule has 0 atom stereocenters. The molecule has 152 valence electrons. The van der Waals surface area contributed by atoms with E-state index in [2.05, 4.69) is 37.9 Å². The average molecular weight is 399 g/mol. The number of anilines is 1. The van der Waals surface area contributed by atoms with Gasteiger partial charge < -0.3 is 15.6 Å². The summed E-state index contributed by atoms with van der Waals surface area (Å²) in [5.74, 6) is 7.73. The SMILES string of the molecule is Nc1ncnc2c1c(C#Cc1cccc(C(=O)CC3CC3)c1)cn2C1CCNCC1. The van der Waals surface area contributed by atoms with Crippen molar-refractivity contribution in [2.24, 2.45) is 5.92 Å². The van der Waals surface area contributed by atoms with Crippen LogP contribution in [0.1, 0.15) is 59.6 Å². The van der Waals surface area contributed by atoms with Crippen LogP contribution >= 0.6 is 0 Å². The van der Waals surface area contributed by atoms with E-state index < -0.39 is 0 Å². The van der Waals surface area contributed by atoms with Gasteiger partial charge in [-0.05, 0) is 56.8 Å². The Balaban J connectivity index is 1.49. The predicted octanol–water partition coefficient (Wildman–Crippen LogP) is 3.32. The van der Waals surface area contributed by atoms with E-state index in [1.54, 1.807) is 0 Å². The number of benzene rings is 1. The lowest BCUT2D eigenvalue weighted by Crippen LogP contribution is -2.29. The van der Waals surface area contributed by atoms with E-state index in [0.29, 0.717) is 24.2 Å². The molecule has 3 heterocycles. The van der Waals surface area contributed by atoms with Gasteiger partial charge in [-0.2, -0.15) is 0 Å². The smallest absolute Gasteiger partial charge is 0.163 e. The summed E-state index contributed by atoms with van der Waals surface area (Å²) in [5.41, 5.74) is 9.44. The van der Waals surface area contributed by atoms with Crippen LogP contribution in [0.25, 0.3) is 11.0 Å². The summed E-state index contributed by atoms with van der Waals surface area (Å²) < 4.78 is 2.20. The van der Waals surface area contributed by atoms with Gasteiger partial charge in [0.15, 0.2) is 5.78 Å². The maximum Gasteiger partial charge on any atom is 0.163 e. The number of aromatic nitrogens is 3. The summed E-state index contributed by atoms with van der Waals surface area (Å²) in [7, 11) is 0. The van der Waals surface area contributed by atoms with Crippen LogP contribution in [0.15, 0.2) is 36.8 Å². The summed E-state index contributed by atoms with van der Waals surface area (Å²) in [6.07, 6.45) is 8.67. The predicted molar refractivity (Wildman–Crippen MR) is 117 cm³/mol. The number of nitrogens with zero attached hydrogens (tertiary/aromatic N) is 3. The maximum atomic E-state index is 12.4. The maximum absolute atomic E-state index is 12.4. The molecule has 0 radical (unpaired) electrons. The van der Waals surface area contributed by atoms with Crippen LogP contribution in [0.3, 0.4) is 0 Å². The van der Waals surface area contributed by atoms with Crippen LogP contribution in [0.2, 0.25) is 0 Å². The van der Waals surface area contributed by atoms with Crippen molar-refractivity contribution in [2.75, 3.05) is 18.8 Å². The molecule has 30 heavy (non-hydrogen) atoms. The van der Waals surface area contributed by atoms with Crippen LogP contribution in [-0.4, -0.2) is 33.4 Å². The Bertz CT molecular complexity index is 1160. The van der Waals surface area contributed by atoms with E-state index in [0.717, 1.165) is 53.7 Å². The lowest BCUT2D eigenvalue weighted by atomic mass is 10.0. The highest BCUT2D eigenvalue weighted by atomic mass is 16.1. The Kier molecular flexibility index (Phi) is 4.97. The Morgan fingerprint density at radius 3 is 2.80 bits per heavy atom. The quantitative estimate of drug-likeness (QED) is 0.519. The molecule has 6 heteroatoms. The highest BCUT2D eigenvalue weighted by Gasteiger charge is 2.25. The van der Waals surface area contributed by atoms with E-state index >= 15 is 0 Å². The third kappa shape index (κ3) is 3.81. The molecular weight excluding hydrogens is 374 g/mol. The molecule has 1 saturated carbocycles. The van der Waals surface area contributed by atoms with E-state index in [9.17, 15) is 4.79 Å². The minimum atomic E-state index is 0.210. The molecule has 5 rings (SSSR count). The number of nitrogen functional groups attached to an aromatic ring is 1. The molecule has 2 aromatic heterocycles. The van der Waals surface area contributed by atoms with Crippen LogP contribution in [0.4, 0.5) is 5.82 Å². The van der Waals surface area contributed by atoms with Gasteiger partial charge in [-0.3, -0.25) is 4.79 Å². The molecule has 2 fully saturated rings. The minimum absolute atomic E-state index is 0.210.